The van der Waals surface area contributed by atoms with E-state index in [9.17, 15) is 9.59 Å². The van der Waals surface area contributed by atoms with Crippen LogP contribution in [0.5, 0.6) is 0 Å². The van der Waals surface area contributed by atoms with Crippen LogP contribution in [0.3, 0.4) is 0 Å². The molecule has 1 aromatic rings. The summed E-state index contributed by atoms with van der Waals surface area (Å²) in [4.78, 5) is 28.9. The maximum Gasteiger partial charge on any atom is 0.246 e. The van der Waals surface area contributed by atoms with Crippen LogP contribution in [-0.2, 0) is 9.59 Å². The maximum atomic E-state index is 12.9. The van der Waals surface area contributed by atoms with E-state index in [0.717, 1.165) is 12.1 Å². The Balaban J connectivity index is 1.68. The number of piperazine rings is 1. The van der Waals surface area contributed by atoms with Gasteiger partial charge in [-0.1, -0.05) is 31.5 Å². The minimum absolute atomic E-state index is 0.0118. The Morgan fingerprint density at radius 2 is 2.08 bits per heavy atom. The van der Waals surface area contributed by atoms with Crippen molar-refractivity contribution in [3.8, 4) is 0 Å². The first kappa shape index (κ1) is 18.2. The molecule has 2 fully saturated rings. The van der Waals surface area contributed by atoms with Crippen molar-refractivity contribution in [2.45, 2.75) is 45.3 Å². The molecule has 136 valence electrons. The van der Waals surface area contributed by atoms with E-state index in [2.05, 4.69) is 24.7 Å². The van der Waals surface area contributed by atoms with Crippen molar-refractivity contribution < 1.29 is 9.59 Å². The van der Waals surface area contributed by atoms with Gasteiger partial charge in [-0.15, -0.1) is 0 Å². The number of hydrazine groups is 1. The molecule has 2 saturated heterocycles. The van der Waals surface area contributed by atoms with Gasteiger partial charge in [0.2, 0.25) is 11.8 Å². The summed E-state index contributed by atoms with van der Waals surface area (Å²) in [6.07, 6.45) is 0.742. The van der Waals surface area contributed by atoms with Crippen LogP contribution in [0.4, 0.5) is 5.69 Å². The zero-order valence-corrected chi connectivity index (χ0v) is 15.6. The Kier molecular flexibility index (Phi) is 5.32. The van der Waals surface area contributed by atoms with Gasteiger partial charge in [-0.05, 0) is 37.5 Å². The summed E-state index contributed by atoms with van der Waals surface area (Å²) < 4.78 is 0. The molecule has 3 atom stereocenters. The molecular weight excluding hydrogens is 340 g/mol. The van der Waals surface area contributed by atoms with Gasteiger partial charge in [0.25, 0.3) is 0 Å². The molecule has 0 radical (unpaired) electrons. The number of hydrogen-bond acceptors (Lipinski definition) is 4. The van der Waals surface area contributed by atoms with E-state index >= 15 is 0 Å². The number of hydrogen-bond donors (Lipinski definition) is 2. The number of halogens is 1. The molecule has 6 nitrogen and oxygen atoms in total. The number of amides is 2. The van der Waals surface area contributed by atoms with Crippen molar-refractivity contribution in [1.29, 1.82) is 0 Å². The lowest BCUT2D eigenvalue weighted by Gasteiger charge is -2.40. The van der Waals surface area contributed by atoms with Crippen LogP contribution >= 0.6 is 11.6 Å². The molecule has 1 aromatic carbocycles. The van der Waals surface area contributed by atoms with Crippen molar-refractivity contribution >= 4 is 29.1 Å². The van der Waals surface area contributed by atoms with Crippen molar-refractivity contribution in [3.63, 3.8) is 0 Å². The van der Waals surface area contributed by atoms with E-state index in [1.54, 1.807) is 21.9 Å². The van der Waals surface area contributed by atoms with Crippen LogP contribution in [-0.4, -0.2) is 47.9 Å². The summed E-state index contributed by atoms with van der Waals surface area (Å²) in [7, 11) is 0. The average Bonchev–Trinajstić information content (AvgIpc) is 3.06. The first-order valence-electron chi connectivity index (χ1n) is 8.74. The minimum Gasteiger partial charge on any atom is -0.327 e. The first-order chi connectivity index (χ1) is 11.9. The largest absolute Gasteiger partial charge is 0.327 e. The van der Waals surface area contributed by atoms with Crippen molar-refractivity contribution in [2.75, 3.05) is 18.0 Å². The average molecular weight is 365 g/mol. The van der Waals surface area contributed by atoms with Crippen molar-refractivity contribution in [3.05, 3.63) is 29.3 Å². The van der Waals surface area contributed by atoms with Gasteiger partial charge in [0.15, 0.2) is 0 Å². The fraction of sp³-hybridized carbons (Fsp3) is 0.556. The van der Waals surface area contributed by atoms with Gasteiger partial charge < -0.3 is 9.80 Å². The zero-order chi connectivity index (χ0) is 18.1. The third kappa shape index (κ3) is 3.81. The Morgan fingerprint density at radius 3 is 2.72 bits per heavy atom. The molecule has 3 rings (SSSR count). The minimum atomic E-state index is -0.277. The van der Waals surface area contributed by atoms with Crippen LogP contribution in [0, 0.1) is 5.92 Å². The van der Waals surface area contributed by atoms with E-state index in [1.807, 2.05) is 19.1 Å². The highest BCUT2D eigenvalue weighted by molar-refractivity contribution is 6.30. The quantitative estimate of drug-likeness (QED) is 0.858. The van der Waals surface area contributed by atoms with Gasteiger partial charge in [-0.2, -0.15) is 0 Å². The Bertz CT molecular complexity index is 666. The zero-order valence-electron chi connectivity index (χ0n) is 14.8. The maximum absolute atomic E-state index is 12.9. The number of carbonyl (C=O) groups excluding carboxylic acids is 2. The van der Waals surface area contributed by atoms with Crippen molar-refractivity contribution in [1.82, 2.24) is 15.8 Å². The first-order valence-corrected chi connectivity index (χ1v) is 9.12. The van der Waals surface area contributed by atoms with Crippen LogP contribution in [0.15, 0.2) is 24.3 Å². The fourth-order valence-corrected chi connectivity index (χ4v) is 3.61. The number of nitrogens with one attached hydrogen (secondary N) is 2. The summed E-state index contributed by atoms with van der Waals surface area (Å²) in [5, 5.41) is 0.595. The van der Waals surface area contributed by atoms with Gasteiger partial charge in [0.1, 0.15) is 12.6 Å². The number of carbonyl (C=O) groups is 2. The monoisotopic (exact) mass is 364 g/mol. The normalized spacial score (nSPS) is 27.2. The smallest absolute Gasteiger partial charge is 0.246 e. The predicted octanol–water partition coefficient (Wildman–Crippen LogP) is 1.79. The van der Waals surface area contributed by atoms with Crippen molar-refractivity contribution in [2.24, 2.45) is 5.92 Å². The molecule has 0 bridgehead atoms. The number of anilines is 1. The molecule has 0 aromatic heterocycles. The second-order valence-corrected chi connectivity index (χ2v) is 7.66. The van der Waals surface area contributed by atoms with Crippen LogP contribution < -0.4 is 15.8 Å². The number of nitrogens with zero attached hydrogens (tertiary/aromatic N) is 2. The number of benzene rings is 1. The SMILES string of the molecule is CC(C)C1CC(C(=O)N2CC(=O)N(c3cccc(Cl)c3)CC2C)NN1. The van der Waals surface area contributed by atoms with E-state index in [0.29, 0.717) is 17.5 Å². The summed E-state index contributed by atoms with van der Waals surface area (Å²) in [5.74, 6) is 0.353. The second-order valence-electron chi connectivity index (χ2n) is 7.23. The molecule has 3 unspecified atom stereocenters. The molecular formula is C18H25ClN4O2. The molecule has 2 aliphatic heterocycles. The topological polar surface area (TPSA) is 64.7 Å². The highest BCUT2D eigenvalue weighted by Crippen LogP contribution is 2.24. The standard InChI is InChI=1S/C18H25ClN4O2/c1-11(2)15-8-16(21-20-15)18(25)22-10-17(24)23(9-12(22)3)14-6-4-5-13(19)7-14/h4-7,11-12,15-16,20-21H,8-10H2,1-3H3. The van der Waals surface area contributed by atoms with E-state index < -0.39 is 0 Å². The van der Waals surface area contributed by atoms with Crippen LogP contribution in [0.1, 0.15) is 27.2 Å². The van der Waals surface area contributed by atoms with E-state index in [4.69, 9.17) is 11.6 Å². The van der Waals surface area contributed by atoms with Gasteiger partial charge >= 0.3 is 0 Å². The summed E-state index contributed by atoms with van der Waals surface area (Å²) in [6.45, 7) is 6.80. The lowest BCUT2D eigenvalue weighted by atomic mass is 9.98. The summed E-state index contributed by atoms with van der Waals surface area (Å²) in [6, 6.07) is 7.19. The Hall–Kier alpha value is -1.63. The van der Waals surface area contributed by atoms with Gasteiger partial charge in [-0.3, -0.25) is 15.0 Å². The third-order valence-electron chi connectivity index (χ3n) is 5.02. The molecule has 25 heavy (non-hydrogen) atoms. The molecule has 2 amide bonds. The molecule has 2 aliphatic rings. The van der Waals surface area contributed by atoms with Gasteiger partial charge in [0, 0.05) is 29.3 Å². The molecule has 2 heterocycles. The van der Waals surface area contributed by atoms with E-state index in [1.165, 1.54) is 0 Å². The highest BCUT2D eigenvalue weighted by Gasteiger charge is 2.39. The van der Waals surface area contributed by atoms with E-state index in [-0.39, 0.29) is 36.5 Å². The molecule has 0 aliphatic carbocycles. The lowest BCUT2D eigenvalue weighted by molar-refractivity contribution is -0.140. The Morgan fingerprint density at radius 1 is 1.32 bits per heavy atom. The molecule has 0 spiro atoms. The Labute approximate surface area is 153 Å². The summed E-state index contributed by atoms with van der Waals surface area (Å²) in [5.41, 5.74) is 7.05. The number of rotatable bonds is 3. The van der Waals surface area contributed by atoms with Crippen LogP contribution in [0.2, 0.25) is 5.02 Å². The second kappa shape index (κ2) is 7.32. The summed E-state index contributed by atoms with van der Waals surface area (Å²) >= 11 is 6.03. The predicted molar refractivity (Wildman–Crippen MR) is 98.3 cm³/mol. The molecule has 0 saturated carbocycles. The van der Waals surface area contributed by atoms with Gasteiger partial charge in [0.05, 0.1) is 0 Å². The molecule has 7 heteroatoms. The van der Waals surface area contributed by atoms with Crippen LogP contribution in [0.25, 0.3) is 0 Å². The third-order valence-corrected chi connectivity index (χ3v) is 5.26. The van der Waals surface area contributed by atoms with Gasteiger partial charge in [-0.25, -0.2) is 5.43 Å². The molecule has 2 N–H and O–H groups in total. The fourth-order valence-electron chi connectivity index (χ4n) is 3.42. The lowest BCUT2D eigenvalue weighted by Crippen LogP contribution is -2.60. The highest BCUT2D eigenvalue weighted by atomic mass is 35.5.